The smallest absolute Gasteiger partial charge is 0.317 e. The number of piperidine rings is 1. The lowest BCUT2D eigenvalue weighted by molar-refractivity contribution is 0.143. The molecule has 26 heavy (non-hydrogen) atoms. The minimum Gasteiger partial charge on any atom is -0.487 e. The molecule has 1 aromatic carbocycles. The average molecular weight is 357 g/mol. The molecule has 1 N–H and O–H groups in total. The van der Waals surface area contributed by atoms with Gasteiger partial charge in [0, 0.05) is 25.7 Å². The highest BCUT2D eigenvalue weighted by molar-refractivity contribution is 5.74. The summed E-state index contributed by atoms with van der Waals surface area (Å²) >= 11 is 0. The van der Waals surface area contributed by atoms with Crippen LogP contribution in [0.1, 0.15) is 38.3 Å². The fourth-order valence-corrected chi connectivity index (χ4v) is 3.29. The predicted octanol–water partition coefficient (Wildman–Crippen LogP) is 2.83. The van der Waals surface area contributed by atoms with Crippen molar-refractivity contribution in [3.63, 3.8) is 0 Å². The van der Waals surface area contributed by atoms with E-state index >= 15 is 0 Å². The van der Waals surface area contributed by atoms with Crippen LogP contribution >= 0.6 is 0 Å². The molecule has 1 atom stereocenters. The van der Waals surface area contributed by atoms with Crippen LogP contribution < -0.4 is 10.1 Å². The number of hydrogen-bond donors (Lipinski definition) is 1. The second-order valence-electron chi connectivity index (χ2n) is 6.54. The Kier molecular flexibility index (Phi) is 6.46. The van der Waals surface area contributed by atoms with Crippen molar-refractivity contribution < 1.29 is 9.53 Å². The molecule has 0 saturated carbocycles. The first-order chi connectivity index (χ1) is 12.8. The van der Waals surface area contributed by atoms with Crippen molar-refractivity contribution in [1.82, 2.24) is 25.2 Å². The molecule has 0 bridgehead atoms. The van der Waals surface area contributed by atoms with Gasteiger partial charge in [-0.1, -0.05) is 23.4 Å². The van der Waals surface area contributed by atoms with Crippen molar-refractivity contribution in [3.8, 4) is 5.75 Å². The first-order valence-corrected chi connectivity index (χ1v) is 9.37. The molecule has 2 amide bonds. The summed E-state index contributed by atoms with van der Waals surface area (Å²) in [7, 11) is 0. The number of aromatic nitrogens is 3. The third kappa shape index (κ3) is 4.97. The SMILES string of the molecule is CCNC(=O)N1CCCCC1CCn1cc(COc2ccccc2)nn1. The van der Waals surface area contributed by atoms with Gasteiger partial charge < -0.3 is 15.0 Å². The largest absolute Gasteiger partial charge is 0.487 e. The first-order valence-electron chi connectivity index (χ1n) is 9.37. The summed E-state index contributed by atoms with van der Waals surface area (Å²) in [4.78, 5) is 14.2. The molecule has 140 valence electrons. The molecule has 0 spiro atoms. The van der Waals surface area contributed by atoms with E-state index in [4.69, 9.17) is 4.74 Å². The predicted molar refractivity (Wildman–Crippen MR) is 98.8 cm³/mol. The van der Waals surface area contributed by atoms with Crippen LogP contribution in [-0.4, -0.2) is 45.1 Å². The average Bonchev–Trinajstić information content (AvgIpc) is 3.14. The molecule has 7 nitrogen and oxygen atoms in total. The van der Waals surface area contributed by atoms with Gasteiger partial charge in [-0.05, 0) is 44.7 Å². The molecule has 1 aromatic heterocycles. The van der Waals surface area contributed by atoms with Gasteiger partial charge in [-0.25, -0.2) is 4.79 Å². The highest BCUT2D eigenvalue weighted by atomic mass is 16.5. The maximum Gasteiger partial charge on any atom is 0.317 e. The summed E-state index contributed by atoms with van der Waals surface area (Å²) in [6, 6.07) is 10.00. The Labute approximate surface area is 154 Å². The van der Waals surface area contributed by atoms with E-state index in [2.05, 4.69) is 15.6 Å². The second kappa shape index (κ2) is 9.22. The number of carbonyl (C=O) groups excluding carboxylic acids is 1. The van der Waals surface area contributed by atoms with Gasteiger partial charge in [-0.2, -0.15) is 0 Å². The maximum atomic E-state index is 12.2. The topological polar surface area (TPSA) is 72.3 Å². The Morgan fingerprint density at radius 2 is 2.15 bits per heavy atom. The summed E-state index contributed by atoms with van der Waals surface area (Å²) in [5.74, 6) is 0.821. The van der Waals surface area contributed by atoms with E-state index in [1.165, 1.54) is 6.42 Å². The molecule has 1 unspecified atom stereocenters. The van der Waals surface area contributed by atoms with Crippen LogP contribution in [0, 0.1) is 0 Å². The normalized spacial score (nSPS) is 17.1. The minimum atomic E-state index is 0.0488. The summed E-state index contributed by atoms with van der Waals surface area (Å²) in [6.07, 6.45) is 6.11. The fourth-order valence-electron chi connectivity index (χ4n) is 3.29. The van der Waals surface area contributed by atoms with Crippen LogP contribution in [0.25, 0.3) is 0 Å². The van der Waals surface area contributed by atoms with E-state index in [9.17, 15) is 4.79 Å². The van der Waals surface area contributed by atoms with E-state index in [0.29, 0.717) is 13.2 Å². The Morgan fingerprint density at radius 3 is 2.96 bits per heavy atom. The Morgan fingerprint density at radius 1 is 1.31 bits per heavy atom. The van der Waals surface area contributed by atoms with Crippen LogP contribution in [0.4, 0.5) is 4.79 Å². The Bertz CT molecular complexity index is 688. The van der Waals surface area contributed by atoms with Crippen LogP contribution in [0.2, 0.25) is 0 Å². The van der Waals surface area contributed by atoms with E-state index in [-0.39, 0.29) is 12.1 Å². The number of aryl methyl sites for hydroxylation is 1. The molecule has 0 aliphatic carbocycles. The van der Waals surface area contributed by atoms with Crippen molar-refractivity contribution in [2.45, 2.75) is 51.8 Å². The number of nitrogens with zero attached hydrogens (tertiary/aromatic N) is 4. The molecule has 1 fully saturated rings. The maximum absolute atomic E-state index is 12.2. The quantitative estimate of drug-likeness (QED) is 0.827. The molecule has 0 radical (unpaired) electrons. The molecular weight excluding hydrogens is 330 g/mol. The van der Waals surface area contributed by atoms with Gasteiger partial charge in [0.2, 0.25) is 0 Å². The van der Waals surface area contributed by atoms with Crippen molar-refractivity contribution in [2.24, 2.45) is 0 Å². The number of hydrogen-bond acceptors (Lipinski definition) is 4. The number of urea groups is 1. The van der Waals surface area contributed by atoms with E-state index in [1.807, 2.05) is 53.0 Å². The number of benzene rings is 1. The zero-order chi connectivity index (χ0) is 18.2. The Balaban J connectivity index is 1.49. The summed E-state index contributed by atoms with van der Waals surface area (Å²) in [5.41, 5.74) is 0.804. The van der Waals surface area contributed by atoms with Crippen LogP contribution in [0.15, 0.2) is 36.5 Å². The number of ether oxygens (including phenoxy) is 1. The van der Waals surface area contributed by atoms with Gasteiger partial charge in [0.25, 0.3) is 0 Å². The molecule has 7 heteroatoms. The zero-order valence-corrected chi connectivity index (χ0v) is 15.3. The highest BCUT2D eigenvalue weighted by Crippen LogP contribution is 2.20. The van der Waals surface area contributed by atoms with Gasteiger partial charge >= 0.3 is 6.03 Å². The molecule has 2 heterocycles. The minimum absolute atomic E-state index is 0.0488. The number of rotatable bonds is 7. The lowest BCUT2D eigenvalue weighted by Gasteiger charge is -2.35. The molecule has 1 aliphatic rings. The summed E-state index contributed by atoms with van der Waals surface area (Å²) < 4.78 is 7.54. The standard InChI is InChI=1S/C19H27N5O2/c1-2-20-19(25)24-12-7-6-8-17(24)11-13-23-14-16(21-22-23)15-26-18-9-4-3-5-10-18/h3-5,9-10,14,17H,2,6-8,11-13,15H2,1H3,(H,20,25). The number of amides is 2. The van der Waals surface area contributed by atoms with E-state index < -0.39 is 0 Å². The molecular formula is C19H27N5O2. The number of carbonyl (C=O) groups is 1. The number of para-hydroxylation sites is 1. The lowest BCUT2D eigenvalue weighted by Crippen LogP contribution is -2.48. The zero-order valence-electron chi connectivity index (χ0n) is 15.3. The van der Waals surface area contributed by atoms with Crippen molar-refractivity contribution in [2.75, 3.05) is 13.1 Å². The molecule has 3 rings (SSSR count). The third-order valence-corrected chi connectivity index (χ3v) is 4.62. The molecule has 1 aliphatic heterocycles. The van der Waals surface area contributed by atoms with Crippen molar-refractivity contribution >= 4 is 6.03 Å². The summed E-state index contributed by atoms with van der Waals surface area (Å²) in [5, 5.41) is 11.3. The lowest BCUT2D eigenvalue weighted by atomic mass is 10.00. The number of nitrogens with one attached hydrogen (secondary N) is 1. The van der Waals surface area contributed by atoms with Crippen molar-refractivity contribution in [3.05, 3.63) is 42.2 Å². The molecule has 2 aromatic rings. The van der Waals surface area contributed by atoms with Gasteiger partial charge in [0.05, 0.1) is 6.20 Å². The van der Waals surface area contributed by atoms with Gasteiger partial charge in [0.15, 0.2) is 0 Å². The van der Waals surface area contributed by atoms with Crippen molar-refractivity contribution in [1.29, 1.82) is 0 Å². The summed E-state index contributed by atoms with van der Waals surface area (Å²) in [6.45, 7) is 4.60. The van der Waals surface area contributed by atoms with E-state index in [0.717, 1.165) is 43.8 Å². The van der Waals surface area contributed by atoms with Gasteiger partial charge in [-0.3, -0.25) is 4.68 Å². The fraction of sp³-hybridized carbons (Fsp3) is 0.526. The highest BCUT2D eigenvalue weighted by Gasteiger charge is 2.26. The third-order valence-electron chi connectivity index (χ3n) is 4.62. The van der Waals surface area contributed by atoms with Crippen LogP contribution in [-0.2, 0) is 13.2 Å². The van der Waals surface area contributed by atoms with E-state index in [1.54, 1.807) is 0 Å². The van der Waals surface area contributed by atoms with Gasteiger partial charge in [-0.15, -0.1) is 5.10 Å². The van der Waals surface area contributed by atoms with Gasteiger partial charge in [0.1, 0.15) is 18.1 Å². The monoisotopic (exact) mass is 357 g/mol. The molecule has 1 saturated heterocycles. The van der Waals surface area contributed by atoms with Crippen LogP contribution in [0.5, 0.6) is 5.75 Å². The second-order valence-corrected chi connectivity index (χ2v) is 6.54. The Hall–Kier alpha value is -2.57. The first kappa shape index (κ1) is 18.2. The number of likely N-dealkylation sites (tertiary alicyclic amines) is 1. The van der Waals surface area contributed by atoms with Crippen LogP contribution in [0.3, 0.4) is 0 Å².